The summed E-state index contributed by atoms with van der Waals surface area (Å²) in [5, 5.41) is 10.2. The first-order chi connectivity index (χ1) is 12.0. The summed E-state index contributed by atoms with van der Waals surface area (Å²) >= 11 is 6.06. The SMILES string of the molecule is O=C(O)[C@H]1[C@H](C(=O)N2CCN(c3cccc(Cl)c3)CC2)[C@H]2C=C[C@H]1C2. The van der Waals surface area contributed by atoms with E-state index in [1.54, 1.807) is 0 Å². The normalized spacial score (nSPS) is 30.8. The van der Waals surface area contributed by atoms with E-state index in [0.29, 0.717) is 18.1 Å². The van der Waals surface area contributed by atoms with Gasteiger partial charge in [-0.3, -0.25) is 9.59 Å². The van der Waals surface area contributed by atoms with E-state index in [1.165, 1.54) is 0 Å². The lowest BCUT2D eigenvalue weighted by Crippen LogP contribution is -2.52. The highest BCUT2D eigenvalue weighted by Crippen LogP contribution is 2.48. The summed E-state index contributed by atoms with van der Waals surface area (Å²) in [5.41, 5.74) is 1.06. The van der Waals surface area contributed by atoms with Crippen LogP contribution in [0.4, 0.5) is 5.69 Å². The molecule has 2 fully saturated rings. The van der Waals surface area contributed by atoms with Gasteiger partial charge in [-0.2, -0.15) is 0 Å². The van der Waals surface area contributed by atoms with Gasteiger partial charge in [0.25, 0.3) is 0 Å². The molecular formula is C19H21ClN2O3. The minimum atomic E-state index is -0.840. The van der Waals surface area contributed by atoms with E-state index in [1.807, 2.05) is 41.3 Å². The molecule has 0 spiro atoms. The van der Waals surface area contributed by atoms with Crippen LogP contribution in [0.5, 0.6) is 0 Å². The third-order valence-electron chi connectivity index (χ3n) is 5.79. The van der Waals surface area contributed by atoms with Crippen LogP contribution < -0.4 is 4.90 Å². The Morgan fingerprint density at radius 3 is 2.36 bits per heavy atom. The molecule has 0 unspecified atom stereocenters. The predicted molar refractivity (Wildman–Crippen MR) is 95.6 cm³/mol. The number of aliphatic carboxylic acids is 1. The van der Waals surface area contributed by atoms with Gasteiger partial charge in [-0.25, -0.2) is 0 Å². The number of halogens is 1. The maximum atomic E-state index is 13.0. The van der Waals surface area contributed by atoms with Gasteiger partial charge < -0.3 is 14.9 Å². The van der Waals surface area contributed by atoms with Crippen molar-refractivity contribution in [3.63, 3.8) is 0 Å². The Morgan fingerprint density at radius 1 is 1.04 bits per heavy atom. The van der Waals surface area contributed by atoms with Crippen LogP contribution in [0.1, 0.15) is 6.42 Å². The Labute approximate surface area is 151 Å². The number of fused-ring (bicyclic) bond motifs is 2. The number of nitrogens with zero attached hydrogens (tertiary/aromatic N) is 2. The second kappa shape index (κ2) is 6.37. The molecule has 1 saturated carbocycles. The van der Waals surface area contributed by atoms with Gasteiger partial charge in [-0.1, -0.05) is 29.8 Å². The monoisotopic (exact) mass is 360 g/mol. The maximum Gasteiger partial charge on any atom is 0.307 e. The number of carboxylic acids is 1. The number of hydrogen-bond acceptors (Lipinski definition) is 3. The molecule has 1 aromatic carbocycles. The van der Waals surface area contributed by atoms with Gasteiger partial charge in [0.1, 0.15) is 0 Å². The lowest BCUT2D eigenvalue weighted by atomic mass is 9.82. The molecule has 4 rings (SSSR count). The first-order valence-electron chi connectivity index (χ1n) is 8.75. The third kappa shape index (κ3) is 2.91. The molecule has 2 aliphatic carbocycles. The second-order valence-electron chi connectivity index (χ2n) is 7.13. The second-order valence-corrected chi connectivity index (χ2v) is 7.57. The summed E-state index contributed by atoms with van der Waals surface area (Å²) in [4.78, 5) is 28.7. The fraction of sp³-hybridized carbons (Fsp3) is 0.474. The van der Waals surface area contributed by atoms with Crippen molar-refractivity contribution in [2.75, 3.05) is 31.1 Å². The molecule has 0 aromatic heterocycles. The molecule has 1 N–H and O–H groups in total. The summed E-state index contributed by atoms with van der Waals surface area (Å²) < 4.78 is 0. The van der Waals surface area contributed by atoms with Crippen LogP contribution in [0.25, 0.3) is 0 Å². The molecule has 25 heavy (non-hydrogen) atoms. The Kier molecular flexibility index (Phi) is 4.20. The molecule has 2 bridgehead atoms. The van der Waals surface area contributed by atoms with E-state index in [2.05, 4.69) is 4.90 Å². The summed E-state index contributed by atoms with van der Waals surface area (Å²) in [6, 6.07) is 7.72. The number of anilines is 1. The standard InChI is InChI=1S/C19H21ClN2O3/c20-14-2-1-3-15(11-14)21-6-8-22(9-7-21)18(23)16-12-4-5-13(10-12)17(16)19(24)25/h1-5,11-13,16-17H,6-10H2,(H,24,25)/t12-,13-,16+,17+/m0/s1. The lowest BCUT2D eigenvalue weighted by molar-refractivity contribution is -0.151. The van der Waals surface area contributed by atoms with E-state index in [4.69, 9.17) is 11.6 Å². The van der Waals surface area contributed by atoms with Crippen LogP contribution >= 0.6 is 11.6 Å². The van der Waals surface area contributed by atoms with Crippen LogP contribution in [0.15, 0.2) is 36.4 Å². The van der Waals surface area contributed by atoms with Crippen molar-refractivity contribution < 1.29 is 14.7 Å². The highest BCUT2D eigenvalue weighted by atomic mass is 35.5. The number of piperazine rings is 1. The quantitative estimate of drug-likeness (QED) is 0.841. The summed E-state index contributed by atoms with van der Waals surface area (Å²) in [6.07, 6.45) is 4.81. The number of benzene rings is 1. The smallest absolute Gasteiger partial charge is 0.307 e. The molecule has 1 amide bonds. The Morgan fingerprint density at radius 2 is 1.72 bits per heavy atom. The van der Waals surface area contributed by atoms with Gasteiger partial charge in [-0.15, -0.1) is 0 Å². The number of carbonyl (C=O) groups excluding carboxylic acids is 1. The van der Waals surface area contributed by atoms with Gasteiger partial charge in [0, 0.05) is 36.9 Å². The summed E-state index contributed by atoms with van der Waals surface area (Å²) in [5.74, 6) is -1.69. The Balaban J connectivity index is 1.43. The lowest BCUT2D eigenvalue weighted by Gasteiger charge is -2.38. The molecule has 1 aromatic rings. The van der Waals surface area contributed by atoms with Crippen LogP contribution in [0, 0.1) is 23.7 Å². The number of rotatable bonds is 3. The molecular weight excluding hydrogens is 340 g/mol. The third-order valence-corrected chi connectivity index (χ3v) is 6.03. The first kappa shape index (κ1) is 16.5. The van der Waals surface area contributed by atoms with E-state index >= 15 is 0 Å². The van der Waals surface area contributed by atoms with Crippen molar-refractivity contribution in [3.8, 4) is 0 Å². The average molecular weight is 361 g/mol. The molecule has 4 atom stereocenters. The highest BCUT2D eigenvalue weighted by molar-refractivity contribution is 6.30. The van der Waals surface area contributed by atoms with Crippen LogP contribution in [-0.4, -0.2) is 48.1 Å². The molecule has 3 aliphatic rings. The molecule has 1 heterocycles. The maximum absolute atomic E-state index is 13.0. The van der Waals surface area contributed by atoms with Gasteiger partial charge in [0.15, 0.2) is 0 Å². The van der Waals surface area contributed by atoms with Crippen molar-refractivity contribution in [2.45, 2.75) is 6.42 Å². The predicted octanol–water partition coefficient (Wildman–Crippen LogP) is 2.51. The van der Waals surface area contributed by atoms with Crippen molar-refractivity contribution in [1.29, 1.82) is 0 Å². The van der Waals surface area contributed by atoms with E-state index < -0.39 is 17.8 Å². The topological polar surface area (TPSA) is 60.9 Å². The van der Waals surface area contributed by atoms with E-state index in [-0.39, 0.29) is 17.7 Å². The van der Waals surface area contributed by atoms with Gasteiger partial charge in [-0.05, 0) is 36.5 Å². The van der Waals surface area contributed by atoms with Gasteiger partial charge >= 0.3 is 5.97 Å². The van der Waals surface area contributed by atoms with Crippen molar-refractivity contribution in [3.05, 3.63) is 41.4 Å². The average Bonchev–Trinajstić information content (AvgIpc) is 3.22. The van der Waals surface area contributed by atoms with Crippen molar-refractivity contribution >= 4 is 29.2 Å². The number of allylic oxidation sites excluding steroid dienone is 2. The van der Waals surface area contributed by atoms with Crippen LogP contribution in [0.2, 0.25) is 5.02 Å². The minimum absolute atomic E-state index is 0.00925. The summed E-state index contributed by atoms with van der Waals surface area (Å²) in [6.45, 7) is 2.71. The van der Waals surface area contributed by atoms with Gasteiger partial charge in [0.2, 0.25) is 5.91 Å². The number of carbonyl (C=O) groups is 2. The summed E-state index contributed by atoms with van der Waals surface area (Å²) in [7, 11) is 0. The molecule has 1 aliphatic heterocycles. The largest absolute Gasteiger partial charge is 0.481 e. The van der Waals surface area contributed by atoms with Crippen molar-refractivity contribution in [1.82, 2.24) is 4.90 Å². The fourth-order valence-electron chi connectivity index (χ4n) is 4.56. The van der Waals surface area contributed by atoms with Crippen LogP contribution in [-0.2, 0) is 9.59 Å². The molecule has 1 saturated heterocycles. The van der Waals surface area contributed by atoms with E-state index in [9.17, 15) is 14.7 Å². The number of hydrogen-bond donors (Lipinski definition) is 1. The zero-order chi connectivity index (χ0) is 17.6. The first-order valence-corrected chi connectivity index (χ1v) is 9.13. The zero-order valence-corrected chi connectivity index (χ0v) is 14.6. The molecule has 5 nitrogen and oxygen atoms in total. The minimum Gasteiger partial charge on any atom is -0.481 e. The van der Waals surface area contributed by atoms with Crippen molar-refractivity contribution in [2.24, 2.45) is 23.7 Å². The molecule has 132 valence electrons. The molecule has 6 heteroatoms. The number of carboxylic acid groups (broad SMARTS) is 1. The zero-order valence-electron chi connectivity index (χ0n) is 13.8. The highest BCUT2D eigenvalue weighted by Gasteiger charge is 2.52. The van der Waals surface area contributed by atoms with E-state index in [0.717, 1.165) is 25.2 Å². The fourth-order valence-corrected chi connectivity index (χ4v) is 4.75. The van der Waals surface area contributed by atoms with Gasteiger partial charge in [0.05, 0.1) is 11.8 Å². The number of amides is 1. The molecule has 0 radical (unpaired) electrons. The van der Waals surface area contributed by atoms with Crippen LogP contribution in [0.3, 0.4) is 0 Å². The Bertz CT molecular complexity index is 727. The Hall–Kier alpha value is -2.01.